The third-order valence-corrected chi connectivity index (χ3v) is 3.21. The summed E-state index contributed by atoms with van der Waals surface area (Å²) in [6.45, 7) is 6.35. The lowest BCUT2D eigenvalue weighted by Crippen LogP contribution is -2.38. The third-order valence-electron chi connectivity index (χ3n) is 3.21. The molecule has 0 aliphatic carbocycles. The van der Waals surface area contributed by atoms with E-state index in [1.807, 2.05) is 31.2 Å². The van der Waals surface area contributed by atoms with Crippen molar-refractivity contribution in [1.29, 1.82) is 0 Å². The fourth-order valence-electron chi connectivity index (χ4n) is 2.01. The Morgan fingerprint density at radius 2 is 2.05 bits per heavy atom. The Morgan fingerprint density at radius 3 is 2.80 bits per heavy atom. The van der Waals surface area contributed by atoms with Crippen molar-refractivity contribution in [2.75, 3.05) is 46.1 Å². The van der Waals surface area contributed by atoms with Crippen molar-refractivity contribution in [1.82, 2.24) is 4.90 Å². The maximum atomic E-state index is 11.6. The summed E-state index contributed by atoms with van der Waals surface area (Å²) >= 11 is 0. The topological polar surface area (TPSA) is 48.0 Å². The van der Waals surface area contributed by atoms with Crippen LogP contribution in [0.5, 0.6) is 5.75 Å². The molecule has 20 heavy (non-hydrogen) atoms. The van der Waals surface area contributed by atoms with Gasteiger partial charge in [-0.05, 0) is 18.6 Å². The average molecular weight is 279 g/mol. The Labute approximate surface area is 119 Å². The minimum atomic E-state index is -0.332. The van der Waals surface area contributed by atoms with Crippen molar-refractivity contribution in [3.05, 3.63) is 29.8 Å². The van der Waals surface area contributed by atoms with Crippen LogP contribution in [-0.2, 0) is 14.3 Å². The van der Waals surface area contributed by atoms with Crippen molar-refractivity contribution in [3.63, 3.8) is 0 Å². The van der Waals surface area contributed by atoms with E-state index in [0.29, 0.717) is 6.61 Å². The van der Waals surface area contributed by atoms with E-state index in [1.54, 1.807) is 0 Å². The van der Waals surface area contributed by atoms with Crippen LogP contribution in [0.1, 0.15) is 5.56 Å². The molecule has 1 saturated heterocycles. The number of nitrogens with zero attached hydrogens (tertiary/aromatic N) is 1. The largest absolute Gasteiger partial charge is 0.482 e. The van der Waals surface area contributed by atoms with Gasteiger partial charge in [0, 0.05) is 19.6 Å². The standard InChI is InChI=1S/C15H21NO4/c1-13-4-2-3-5-14(13)20-12-15(17)19-11-8-16-6-9-18-10-7-16/h2-5H,6-12H2,1H3. The Hall–Kier alpha value is -1.59. The second kappa shape index (κ2) is 7.87. The molecule has 0 N–H and O–H groups in total. The van der Waals surface area contributed by atoms with E-state index in [2.05, 4.69) is 4.90 Å². The van der Waals surface area contributed by atoms with E-state index in [0.717, 1.165) is 44.2 Å². The van der Waals surface area contributed by atoms with Gasteiger partial charge in [0.05, 0.1) is 13.2 Å². The number of aryl methyl sites for hydroxylation is 1. The van der Waals surface area contributed by atoms with Gasteiger partial charge in [-0.1, -0.05) is 18.2 Å². The zero-order valence-corrected chi connectivity index (χ0v) is 11.8. The highest BCUT2D eigenvalue weighted by atomic mass is 16.6. The molecule has 110 valence electrons. The van der Waals surface area contributed by atoms with Crippen LogP contribution < -0.4 is 4.74 Å². The normalized spacial score (nSPS) is 15.8. The molecule has 2 rings (SSSR count). The highest BCUT2D eigenvalue weighted by Crippen LogP contribution is 2.15. The first-order valence-electron chi connectivity index (χ1n) is 6.90. The summed E-state index contributed by atoms with van der Waals surface area (Å²) in [6.07, 6.45) is 0. The summed E-state index contributed by atoms with van der Waals surface area (Å²) in [5.41, 5.74) is 1.01. The van der Waals surface area contributed by atoms with Crippen LogP contribution in [0, 0.1) is 6.92 Å². The molecule has 0 radical (unpaired) electrons. The van der Waals surface area contributed by atoms with Gasteiger partial charge in [0.2, 0.25) is 0 Å². The minimum Gasteiger partial charge on any atom is -0.482 e. The molecule has 0 saturated carbocycles. The van der Waals surface area contributed by atoms with Crippen LogP contribution in [0.15, 0.2) is 24.3 Å². The summed E-state index contributed by atoms with van der Waals surface area (Å²) < 4.78 is 15.8. The molecule has 1 aliphatic rings. The van der Waals surface area contributed by atoms with Gasteiger partial charge in [0.15, 0.2) is 6.61 Å². The van der Waals surface area contributed by atoms with Crippen molar-refractivity contribution in [2.45, 2.75) is 6.92 Å². The maximum absolute atomic E-state index is 11.6. The maximum Gasteiger partial charge on any atom is 0.344 e. The van der Waals surface area contributed by atoms with E-state index in [9.17, 15) is 4.79 Å². The lowest BCUT2D eigenvalue weighted by molar-refractivity contribution is -0.146. The number of esters is 1. The highest BCUT2D eigenvalue weighted by molar-refractivity contribution is 5.71. The van der Waals surface area contributed by atoms with Gasteiger partial charge in [-0.15, -0.1) is 0 Å². The molecule has 1 aliphatic heterocycles. The van der Waals surface area contributed by atoms with Crippen molar-refractivity contribution >= 4 is 5.97 Å². The van der Waals surface area contributed by atoms with E-state index < -0.39 is 0 Å². The van der Waals surface area contributed by atoms with Crippen LogP contribution in [0.25, 0.3) is 0 Å². The zero-order chi connectivity index (χ0) is 14.2. The van der Waals surface area contributed by atoms with E-state index in [-0.39, 0.29) is 12.6 Å². The van der Waals surface area contributed by atoms with Gasteiger partial charge in [-0.25, -0.2) is 4.79 Å². The molecule has 0 amide bonds. The smallest absolute Gasteiger partial charge is 0.344 e. The molecule has 5 nitrogen and oxygen atoms in total. The number of rotatable bonds is 6. The second-order valence-corrected chi connectivity index (χ2v) is 4.73. The number of benzene rings is 1. The molecule has 1 aromatic carbocycles. The summed E-state index contributed by atoms with van der Waals surface area (Å²) in [7, 11) is 0. The number of morpholine rings is 1. The second-order valence-electron chi connectivity index (χ2n) is 4.73. The van der Waals surface area contributed by atoms with Crippen molar-refractivity contribution in [3.8, 4) is 5.75 Å². The first-order chi connectivity index (χ1) is 9.75. The molecule has 1 fully saturated rings. The molecule has 0 spiro atoms. The van der Waals surface area contributed by atoms with Crippen LogP contribution in [0.4, 0.5) is 0 Å². The van der Waals surface area contributed by atoms with Crippen LogP contribution in [0.3, 0.4) is 0 Å². The monoisotopic (exact) mass is 279 g/mol. The highest BCUT2D eigenvalue weighted by Gasteiger charge is 2.11. The minimum absolute atomic E-state index is 0.0477. The fraction of sp³-hybridized carbons (Fsp3) is 0.533. The van der Waals surface area contributed by atoms with Crippen LogP contribution >= 0.6 is 0 Å². The summed E-state index contributed by atoms with van der Waals surface area (Å²) in [6, 6.07) is 7.60. The first-order valence-corrected chi connectivity index (χ1v) is 6.90. The Morgan fingerprint density at radius 1 is 1.30 bits per heavy atom. The third kappa shape index (κ3) is 4.83. The number of hydrogen-bond acceptors (Lipinski definition) is 5. The molecule has 1 heterocycles. The molecular formula is C15H21NO4. The van der Waals surface area contributed by atoms with E-state index in [4.69, 9.17) is 14.2 Å². The SMILES string of the molecule is Cc1ccccc1OCC(=O)OCCN1CCOCC1. The number of ether oxygens (including phenoxy) is 3. The predicted molar refractivity (Wildman–Crippen MR) is 74.9 cm³/mol. The molecule has 0 atom stereocenters. The number of carbonyl (C=O) groups excluding carboxylic acids is 1. The zero-order valence-electron chi connectivity index (χ0n) is 11.8. The van der Waals surface area contributed by atoms with Gasteiger partial charge in [-0.2, -0.15) is 0 Å². The summed E-state index contributed by atoms with van der Waals surface area (Å²) in [5.74, 6) is 0.388. The molecule has 0 aromatic heterocycles. The van der Waals surface area contributed by atoms with E-state index in [1.165, 1.54) is 0 Å². The molecule has 0 bridgehead atoms. The number of para-hydroxylation sites is 1. The van der Waals surface area contributed by atoms with Crippen LogP contribution in [-0.4, -0.2) is 56.9 Å². The van der Waals surface area contributed by atoms with E-state index >= 15 is 0 Å². The summed E-state index contributed by atoms with van der Waals surface area (Å²) in [4.78, 5) is 13.8. The van der Waals surface area contributed by atoms with Crippen LogP contribution in [0.2, 0.25) is 0 Å². The van der Waals surface area contributed by atoms with Crippen molar-refractivity contribution < 1.29 is 19.0 Å². The Balaban J connectivity index is 1.62. The summed E-state index contributed by atoms with van der Waals surface area (Å²) in [5, 5.41) is 0. The lowest BCUT2D eigenvalue weighted by atomic mass is 10.2. The Kier molecular flexibility index (Phi) is 5.83. The molecule has 1 aromatic rings. The van der Waals surface area contributed by atoms with Crippen molar-refractivity contribution in [2.24, 2.45) is 0 Å². The number of carbonyl (C=O) groups is 1. The number of hydrogen-bond donors (Lipinski definition) is 0. The lowest BCUT2D eigenvalue weighted by Gasteiger charge is -2.26. The quantitative estimate of drug-likeness (QED) is 0.733. The molecule has 0 unspecified atom stereocenters. The van der Waals surface area contributed by atoms with Gasteiger partial charge in [-0.3, -0.25) is 4.90 Å². The average Bonchev–Trinajstić information content (AvgIpc) is 2.47. The predicted octanol–water partition coefficient (Wildman–Crippen LogP) is 1.25. The molecular weight excluding hydrogens is 258 g/mol. The fourth-order valence-corrected chi connectivity index (χ4v) is 2.01. The van der Waals surface area contributed by atoms with Gasteiger partial charge in [0.1, 0.15) is 12.4 Å². The van der Waals surface area contributed by atoms with Gasteiger partial charge >= 0.3 is 5.97 Å². The molecule has 5 heteroatoms. The van der Waals surface area contributed by atoms with Gasteiger partial charge < -0.3 is 14.2 Å². The van der Waals surface area contributed by atoms with Gasteiger partial charge in [0.25, 0.3) is 0 Å². The Bertz CT molecular complexity index is 430. The first kappa shape index (κ1) is 14.8.